The number of rotatable bonds is 7. The van der Waals surface area contributed by atoms with E-state index in [-0.39, 0.29) is 13.0 Å². The second kappa shape index (κ2) is 7.26. The van der Waals surface area contributed by atoms with Gasteiger partial charge in [-0.3, -0.25) is 0 Å². The van der Waals surface area contributed by atoms with Crippen molar-refractivity contribution in [2.45, 2.75) is 19.0 Å². The Morgan fingerprint density at radius 1 is 1.45 bits per heavy atom. The van der Waals surface area contributed by atoms with E-state index in [0.717, 1.165) is 11.0 Å². The fourth-order valence-electron chi connectivity index (χ4n) is 2.03. The molecule has 1 aromatic heterocycles. The normalized spacial score (nSPS) is 11.8. The van der Waals surface area contributed by atoms with Crippen molar-refractivity contribution in [2.75, 3.05) is 6.61 Å². The largest absolute Gasteiger partial charge is 0.480 e. The Hall–Kier alpha value is -2.83. The fourth-order valence-corrected chi connectivity index (χ4v) is 2.03. The quantitative estimate of drug-likeness (QED) is 0.761. The molecule has 0 radical (unpaired) electrons. The van der Waals surface area contributed by atoms with Crippen LogP contribution in [0.4, 0.5) is 4.79 Å². The monoisotopic (exact) mass is 303 g/mol. The second-order valence-corrected chi connectivity index (χ2v) is 4.64. The van der Waals surface area contributed by atoms with Crippen LogP contribution in [0, 0.1) is 0 Å². The summed E-state index contributed by atoms with van der Waals surface area (Å²) in [5, 5.41) is 11.5. The smallest absolute Gasteiger partial charge is 0.408 e. The van der Waals surface area contributed by atoms with Crippen LogP contribution in [-0.2, 0) is 16.1 Å². The highest BCUT2D eigenvalue weighted by molar-refractivity contribution is 5.80. The molecule has 0 fully saturated rings. The summed E-state index contributed by atoms with van der Waals surface area (Å²) in [5.74, 6) is -1.11. The number of fused-ring (bicyclic) bond motifs is 1. The molecule has 2 rings (SSSR count). The van der Waals surface area contributed by atoms with E-state index in [9.17, 15) is 14.7 Å². The Morgan fingerprint density at radius 2 is 2.23 bits per heavy atom. The van der Waals surface area contributed by atoms with Gasteiger partial charge < -0.3 is 19.7 Å². The molecule has 116 valence electrons. The molecule has 2 N–H and O–H groups in total. The lowest BCUT2D eigenvalue weighted by molar-refractivity contribution is -0.139. The number of alkyl carbamates (subject to hydrolysis) is 1. The summed E-state index contributed by atoms with van der Waals surface area (Å²) in [4.78, 5) is 26.9. The van der Waals surface area contributed by atoms with Crippen molar-refractivity contribution in [1.29, 1.82) is 0 Å². The molecule has 0 aliphatic rings. The summed E-state index contributed by atoms with van der Waals surface area (Å²) in [5.41, 5.74) is 1.76. The molecule has 2 aromatic rings. The molecular weight excluding hydrogens is 286 g/mol. The van der Waals surface area contributed by atoms with Crippen LogP contribution >= 0.6 is 0 Å². The van der Waals surface area contributed by atoms with Gasteiger partial charge in [-0.1, -0.05) is 24.8 Å². The van der Waals surface area contributed by atoms with Gasteiger partial charge in [0, 0.05) is 6.54 Å². The Bertz CT molecular complexity index is 680. The number of carboxylic acid groups (broad SMARTS) is 1. The number of amides is 1. The van der Waals surface area contributed by atoms with Crippen molar-refractivity contribution in [2.24, 2.45) is 0 Å². The second-order valence-electron chi connectivity index (χ2n) is 4.64. The minimum Gasteiger partial charge on any atom is -0.480 e. The Labute approximate surface area is 127 Å². The lowest BCUT2D eigenvalue weighted by Gasteiger charge is -2.14. The highest BCUT2D eigenvalue weighted by Crippen LogP contribution is 2.12. The molecule has 0 aliphatic heterocycles. The number of ether oxygens (including phenoxy) is 1. The number of carbonyl (C=O) groups is 2. The van der Waals surface area contributed by atoms with Crippen LogP contribution in [0.2, 0.25) is 0 Å². The molecule has 7 nitrogen and oxygen atoms in total. The van der Waals surface area contributed by atoms with Crippen LogP contribution in [0.5, 0.6) is 0 Å². The van der Waals surface area contributed by atoms with Crippen LogP contribution in [0.25, 0.3) is 11.0 Å². The molecule has 1 heterocycles. The predicted octanol–water partition coefficient (Wildman–Crippen LogP) is 1.79. The van der Waals surface area contributed by atoms with Gasteiger partial charge in [-0.05, 0) is 18.6 Å². The summed E-state index contributed by atoms with van der Waals surface area (Å²) >= 11 is 0. The Kier molecular flexibility index (Phi) is 5.13. The summed E-state index contributed by atoms with van der Waals surface area (Å²) < 4.78 is 6.58. The van der Waals surface area contributed by atoms with Crippen molar-refractivity contribution >= 4 is 23.1 Å². The maximum absolute atomic E-state index is 11.4. The molecule has 1 amide bonds. The van der Waals surface area contributed by atoms with Gasteiger partial charge in [0.2, 0.25) is 0 Å². The van der Waals surface area contributed by atoms with Gasteiger partial charge in [-0.25, -0.2) is 14.6 Å². The van der Waals surface area contributed by atoms with Crippen molar-refractivity contribution < 1.29 is 19.4 Å². The summed E-state index contributed by atoms with van der Waals surface area (Å²) in [6.45, 7) is 3.86. The van der Waals surface area contributed by atoms with Crippen molar-refractivity contribution in [3.05, 3.63) is 43.2 Å². The third-order valence-electron chi connectivity index (χ3n) is 3.11. The van der Waals surface area contributed by atoms with Crippen LogP contribution in [0.15, 0.2) is 43.2 Å². The summed E-state index contributed by atoms with van der Waals surface area (Å²) in [7, 11) is 0. The summed E-state index contributed by atoms with van der Waals surface area (Å²) in [6, 6.07) is 6.53. The maximum atomic E-state index is 11.4. The van der Waals surface area contributed by atoms with Gasteiger partial charge in [0.1, 0.15) is 12.6 Å². The lowest BCUT2D eigenvalue weighted by Crippen LogP contribution is -2.41. The van der Waals surface area contributed by atoms with Crippen LogP contribution in [-0.4, -0.2) is 39.4 Å². The number of aliphatic carboxylic acids is 1. The van der Waals surface area contributed by atoms with E-state index in [1.54, 1.807) is 6.33 Å². The van der Waals surface area contributed by atoms with E-state index in [1.165, 1.54) is 6.08 Å². The van der Waals surface area contributed by atoms with E-state index < -0.39 is 18.1 Å². The molecule has 22 heavy (non-hydrogen) atoms. The van der Waals surface area contributed by atoms with Gasteiger partial charge in [0.25, 0.3) is 0 Å². The molecular formula is C15H17N3O4. The van der Waals surface area contributed by atoms with Gasteiger partial charge in [-0.2, -0.15) is 0 Å². The molecule has 0 bridgehead atoms. The number of hydrogen-bond acceptors (Lipinski definition) is 4. The first kappa shape index (κ1) is 15.6. The van der Waals surface area contributed by atoms with E-state index in [4.69, 9.17) is 4.74 Å². The van der Waals surface area contributed by atoms with Gasteiger partial charge >= 0.3 is 12.1 Å². The number of aromatic nitrogens is 2. The fraction of sp³-hybridized carbons (Fsp3) is 0.267. The zero-order chi connectivity index (χ0) is 15.9. The molecule has 0 saturated carbocycles. The van der Waals surface area contributed by atoms with Crippen molar-refractivity contribution in [3.63, 3.8) is 0 Å². The number of carbonyl (C=O) groups excluding carboxylic acids is 1. The van der Waals surface area contributed by atoms with Gasteiger partial charge in [0.15, 0.2) is 0 Å². The number of aryl methyl sites for hydroxylation is 1. The maximum Gasteiger partial charge on any atom is 0.408 e. The molecule has 1 aromatic carbocycles. The third kappa shape index (κ3) is 3.85. The minimum absolute atomic E-state index is 0.0321. The van der Waals surface area contributed by atoms with Crippen LogP contribution in [0.1, 0.15) is 6.42 Å². The average Bonchev–Trinajstić information content (AvgIpc) is 2.92. The lowest BCUT2D eigenvalue weighted by atomic mass is 10.2. The molecule has 0 aliphatic carbocycles. The van der Waals surface area contributed by atoms with Crippen LogP contribution < -0.4 is 5.32 Å². The molecule has 0 spiro atoms. The number of hydrogen-bond donors (Lipinski definition) is 2. The zero-order valence-corrected chi connectivity index (χ0v) is 11.9. The minimum atomic E-state index is -1.11. The molecule has 0 saturated heterocycles. The predicted molar refractivity (Wildman–Crippen MR) is 80.5 cm³/mol. The first-order chi connectivity index (χ1) is 10.6. The number of carboxylic acids is 1. The molecule has 1 atom stereocenters. The van der Waals surface area contributed by atoms with Crippen molar-refractivity contribution in [3.8, 4) is 0 Å². The van der Waals surface area contributed by atoms with Gasteiger partial charge in [0.05, 0.1) is 17.4 Å². The van der Waals surface area contributed by atoms with E-state index >= 15 is 0 Å². The highest BCUT2D eigenvalue weighted by Gasteiger charge is 2.20. The average molecular weight is 303 g/mol. The number of benzene rings is 1. The first-order valence-corrected chi connectivity index (χ1v) is 6.78. The Balaban J connectivity index is 1.98. The van der Waals surface area contributed by atoms with E-state index in [2.05, 4.69) is 16.9 Å². The molecule has 1 unspecified atom stereocenters. The number of nitrogens with one attached hydrogen (secondary N) is 1. The topological polar surface area (TPSA) is 93.5 Å². The Morgan fingerprint density at radius 3 is 2.95 bits per heavy atom. The molecule has 7 heteroatoms. The van der Waals surface area contributed by atoms with Crippen LogP contribution in [0.3, 0.4) is 0 Å². The number of nitrogens with zero attached hydrogens (tertiary/aromatic N) is 2. The number of para-hydroxylation sites is 2. The first-order valence-electron chi connectivity index (χ1n) is 6.78. The van der Waals surface area contributed by atoms with Crippen molar-refractivity contribution in [1.82, 2.24) is 14.9 Å². The highest BCUT2D eigenvalue weighted by atomic mass is 16.5. The zero-order valence-electron chi connectivity index (χ0n) is 11.9. The van der Waals surface area contributed by atoms with Gasteiger partial charge in [-0.15, -0.1) is 0 Å². The number of imidazole rings is 1. The standard InChI is InChI=1S/C15H17N3O4/c1-2-9-22-15(21)17-12(14(19)20)7-8-18-10-16-11-5-3-4-6-13(11)18/h2-6,10,12H,1,7-9H2,(H,17,21)(H,19,20). The third-order valence-corrected chi connectivity index (χ3v) is 3.11. The van der Waals surface area contributed by atoms with E-state index in [1.807, 2.05) is 28.8 Å². The van der Waals surface area contributed by atoms with E-state index in [0.29, 0.717) is 6.54 Å². The SMILES string of the molecule is C=CCOC(=O)NC(CCn1cnc2ccccc21)C(=O)O. The summed E-state index contributed by atoms with van der Waals surface area (Å²) in [6.07, 6.45) is 2.51.